The molecule has 0 bridgehead atoms. The minimum atomic E-state index is -0.0643. The van der Waals surface area contributed by atoms with Gasteiger partial charge in [0.05, 0.1) is 13.5 Å². The number of ether oxygens (including phenoxy) is 1. The van der Waals surface area contributed by atoms with Crippen molar-refractivity contribution in [3.63, 3.8) is 0 Å². The van der Waals surface area contributed by atoms with Crippen LogP contribution in [-0.4, -0.2) is 43.0 Å². The summed E-state index contributed by atoms with van der Waals surface area (Å²) in [6, 6.07) is 15.0. The standard InChI is InChI=1S/C21H23BrN2O3/c1-27-19-8-2-15(3-9-19)14-20(25)24-12-10-18(11-13-24)23-21(26)16-4-6-17(22)7-5-16/h2-9,18H,10-14H2,1H3,(H,23,26). The van der Waals surface area contributed by atoms with Crippen LogP contribution < -0.4 is 10.1 Å². The summed E-state index contributed by atoms with van der Waals surface area (Å²) >= 11 is 3.37. The monoisotopic (exact) mass is 430 g/mol. The van der Waals surface area contributed by atoms with E-state index in [1.54, 1.807) is 19.2 Å². The van der Waals surface area contributed by atoms with E-state index in [9.17, 15) is 9.59 Å². The number of carbonyl (C=O) groups is 2. The number of likely N-dealkylation sites (tertiary alicyclic amines) is 1. The fourth-order valence-corrected chi connectivity index (χ4v) is 3.44. The molecule has 2 aromatic rings. The summed E-state index contributed by atoms with van der Waals surface area (Å²) < 4.78 is 6.09. The molecule has 0 saturated carbocycles. The SMILES string of the molecule is COc1ccc(CC(=O)N2CCC(NC(=O)c3ccc(Br)cc3)CC2)cc1. The second kappa shape index (κ2) is 9.04. The van der Waals surface area contributed by atoms with Crippen molar-refractivity contribution in [1.82, 2.24) is 10.2 Å². The van der Waals surface area contributed by atoms with Crippen molar-refractivity contribution in [2.75, 3.05) is 20.2 Å². The van der Waals surface area contributed by atoms with Crippen LogP contribution in [0, 0.1) is 0 Å². The van der Waals surface area contributed by atoms with Crippen molar-refractivity contribution < 1.29 is 14.3 Å². The molecule has 142 valence electrons. The molecule has 0 atom stereocenters. The van der Waals surface area contributed by atoms with Gasteiger partial charge in [0.2, 0.25) is 5.91 Å². The molecule has 1 aliphatic heterocycles. The van der Waals surface area contributed by atoms with Gasteiger partial charge in [0.15, 0.2) is 0 Å². The predicted molar refractivity (Wildman–Crippen MR) is 108 cm³/mol. The number of nitrogens with one attached hydrogen (secondary N) is 1. The highest BCUT2D eigenvalue weighted by molar-refractivity contribution is 9.10. The predicted octanol–water partition coefficient (Wildman–Crippen LogP) is 3.42. The van der Waals surface area contributed by atoms with Gasteiger partial charge in [-0.3, -0.25) is 9.59 Å². The third-order valence-electron chi connectivity index (χ3n) is 4.80. The summed E-state index contributed by atoms with van der Waals surface area (Å²) in [4.78, 5) is 26.7. The molecule has 5 nitrogen and oxygen atoms in total. The van der Waals surface area contributed by atoms with E-state index in [1.165, 1.54) is 0 Å². The van der Waals surface area contributed by atoms with Crippen LogP contribution in [-0.2, 0) is 11.2 Å². The first-order valence-corrected chi connectivity index (χ1v) is 9.81. The van der Waals surface area contributed by atoms with Crippen molar-refractivity contribution in [3.05, 3.63) is 64.1 Å². The molecule has 1 heterocycles. The van der Waals surface area contributed by atoms with E-state index in [2.05, 4.69) is 21.2 Å². The highest BCUT2D eigenvalue weighted by Gasteiger charge is 2.24. The lowest BCUT2D eigenvalue weighted by Crippen LogP contribution is -2.46. The first kappa shape index (κ1) is 19.4. The fraction of sp³-hybridized carbons (Fsp3) is 0.333. The zero-order valence-corrected chi connectivity index (χ0v) is 16.9. The Morgan fingerprint density at radius 2 is 1.70 bits per heavy atom. The van der Waals surface area contributed by atoms with Crippen LogP contribution >= 0.6 is 15.9 Å². The highest BCUT2D eigenvalue weighted by atomic mass is 79.9. The summed E-state index contributed by atoms with van der Waals surface area (Å²) in [6.45, 7) is 1.33. The zero-order chi connectivity index (χ0) is 19.2. The maximum absolute atomic E-state index is 12.5. The number of halogens is 1. The molecule has 3 rings (SSSR count). The molecule has 0 aliphatic carbocycles. The van der Waals surface area contributed by atoms with Crippen molar-refractivity contribution >= 4 is 27.7 Å². The zero-order valence-electron chi connectivity index (χ0n) is 15.3. The molecule has 6 heteroatoms. The number of carbonyl (C=O) groups excluding carboxylic acids is 2. The van der Waals surface area contributed by atoms with Gasteiger partial charge >= 0.3 is 0 Å². The minimum Gasteiger partial charge on any atom is -0.497 e. The lowest BCUT2D eigenvalue weighted by molar-refractivity contribution is -0.131. The van der Waals surface area contributed by atoms with Gasteiger partial charge in [-0.25, -0.2) is 0 Å². The van der Waals surface area contributed by atoms with Crippen molar-refractivity contribution in [2.45, 2.75) is 25.3 Å². The summed E-state index contributed by atoms with van der Waals surface area (Å²) in [7, 11) is 1.62. The number of nitrogens with zero attached hydrogens (tertiary/aromatic N) is 1. The van der Waals surface area contributed by atoms with Crippen molar-refractivity contribution in [3.8, 4) is 5.75 Å². The number of amides is 2. The molecule has 1 saturated heterocycles. The van der Waals surface area contributed by atoms with Gasteiger partial charge in [0.25, 0.3) is 5.91 Å². The quantitative estimate of drug-likeness (QED) is 0.790. The number of hydrogen-bond donors (Lipinski definition) is 1. The van der Waals surface area contributed by atoms with Gasteiger partial charge in [-0.1, -0.05) is 28.1 Å². The molecule has 27 heavy (non-hydrogen) atoms. The molecule has 2 aromatic carbocycles. The average Bonchev–Trinajstić information content (AvgIpc) is 2.69. The average molecular weight is 431 g/mol. The molecular formula is C21H23BrN2O3. The van der Waals surface area contributed by atoms with E-state index < -0.39 is 0 Å². The van der Waals surface area contributed by atoms with Crippen LogP contribution in [0.5, 0.6) is 5.75 Å². The van der Waals surface area contributed by atoms with E-state index >= 15 is 0 Å². The Kier molecular flexibility index (Phi) is 6.50. The van der Waals surface area contributed by atoms with E-state index in [-0.39, 0.29) is 17.9 Å². The first-order valence-electron chi connectivity index (χ1n) is 9.02. The van der Waals surface area contributed by atoms with Gasteiger partial charge in [0.1, 0.15) is 5.75 Å². The summed E-state index contributed by atoms with van der Waals surface area (Å²) in [5, 5.41) is 3.07. The normalized spacial score (nSPS) is 14.7. The number of piperidine rings is 1. The Bertz CT molecular complexity index is 782. The van der Waals surface area contributed by atoms with Crippen LogP contribution in [0.3, 0.4) is 0 Å². The van der Waals surface area contributed by atoms with E-state index in [0.29, 0.717) is 25.1 Å². The van der Waals surface area contributed by atoms with Crippen LogP contribution in [0.25, 0.3) is 0 Å². The van der Waals surface area contributed by atoms with Gasteiger partial charge in [0, 0.05) is 29.2 Å². The Balaban J connectivity index is 1.47. The number of hydrogen-bond acceptors (Lipinski definition) is 3. The number of methoxy groups -OCH3 is 1. The largest absolute Gasteiger partial charge is 0.497 e. The molecule has 0 unspecified atom stereocenters. The Morgan fingerprint density at radius 1 is 1.07 bits per heavy atom. The number of benzene rings is 2. The first-order chi connectivity index (χ1) is 13.0. The van der Waals surface area contributed by atoms with E-state index in [4.69, 9.17) is 4.74 Å². The minimum absolute atomic E-state index is 0.0643. The topological polar surface area (TPSA) is 58.6 Å². The van der Waals surface area contributed by atoms with E-state index in [1.807, 2.05) is 41.3 Å². The fourth-order valence-electron chi connectivity index (χ4n) is 3.17. The maximum atomic E-state index is 12.5. The molecule has 1 fully saturated rings. The molecule has 0 radical (unpaired) electrons. The smallest absolute Gasteiger partial charge is 0.251 e. The van der Waals surface area contributed by atoms with Gasteiger partial charge < -0.3 is 15.0 Å². The molecule has 1 aliphatic rings. The molecule has 0 spiro atoms. The summed E-state index contributed by atoms with van der Waals surface area (Å²) in [5.74, 6) is 0.844. The molecular weight excluding hydrogens is 408 g/mol. The van der Waals surface area contributed by atoms with Crippen molar-refractivity contribution in [1.29, 1.82) is 0 Å². The molecule has 2 amide bonds. The van der Waals surface area contributed by atoms with Crippen molar-refractivity contribution in [2.24, 2.45) is 0 Å². The van der Waals surface area contributed by atoms with E-state index in [0.717, 1.165) is 28.6 Å². The Labute approximate surface area is 167 Å². The second-order valence-electron chi connectivity index (χ2n) is 6.66. The highest BCUT2D eigenvalue weighted by Crippen LogP contribution is 2.16. The third-order valence-corrected chi connectivity index (χ3v) is 5.33. The summed E-state index contributed by atoms with van der Waals surface area (Å²) in [6.07, 6.45) is 1.94. The number of rotatable bonds is 5. The Morgan fingerprint density at radius 3 is 2.30 bits per heavy atom. The lowest BCUT2D eigenvalue weighted by Gasteiger charge is -2.32. The summed E-state index contributed by atoms with van der Waals surface area (Å²) in [5.41, 5.74) is 1.63. The third kappa shape index (κ3) is 5.32. The van der Waals surface area contributed by atoms with Gasteiger partial charge in [-0.15, -0.1) is 0 Å². The van der Waals surface area contributed by atoms with Crippen LogP contribution in [0.4, 0.5) is 0 Å². The van der Waals surface area contributed by atoms with Crippen LogP contribution in [0.2, 0.25) is 0 Å². The van der Waals surface area contributed by atoms with Gasteiger partial charge in [-0.05, 0) is 54.8 Å². The second-order valence-corrected chi connectivity index (χ2v) is 7.58. The molecule has 1 N–H and O–H groups in total. The lowest BCUT2D eigenvalue weighted by atomic mass is 10.0. The van der Waals surface area contributed by atoms with Crippen LogP contribution in [0.15, 0.2) is 53.0 Å². The Hall–Kier alpha value is -2.34. The molecule has 0 aromatic heterocycles. The van der Waals surface area contributed by atoms with Gasteiger partial charge in [-0.2, -0.15) is 0 Å². The maximum Gasteiger partial charge on any atom is 0.251 e. The van der Waals surface area contributed by atoms with Crippen LogP contribution in [0.1, 0.15) is 28.8 Å².